The molecular weight excluding hydrogens is 863 g/mol. The Morgan fingerprint density at radius 1 is 0.721 bits per heavy atom. The number of nitrogens with zero attached hydrogens (tertiary/aromatic N) is 5. The smallest absolute Gasteiger partial charge is 0.246 e. The van der Waals surface area contributed by atoms with E-state index in [-0.39, 0.29) is 79.0 Å². The highest BCUT2D eigenvalue weighted by atomic mass is 16.5. The first-order valence-corrected chi connectivity index (χ1v) is 25.3. The highest BCUT2D eigenvalue weighted by Crippen LogP contribution is 2.37. The highest BCUT2D eigenvalue weighted by Gasteiger charge is 2.47. The maximum Gasteiger partial charge on any atom is 0.246 e. The molecule has 4 saturated heterocycles. The summed E-state index contributed by atoms with van der Waals surface area (Å²) >= 11 is 0. The molecule has 17 nitrogen and oxygen atoms in total. The fraction of sp³-hybridized carbons (Fsp3) is 0.627. The first-order valence-electron chi connectivity index (χ1n) is 25.3. The normalized spacial score (nSPS) is 27.7. The summed E-state index contributed by atoms with van der Waals surface area (Å²) in [5.41, 5.74) is 3.95. The monoisotopic (exact) mass is 936 g/mol. The molecule has 4 aliphatic heterocycles. The Hall–Kier alpha value is -5.23. The third kappa shape index (κ3) is 11.6. The minimum atomic E-state index is -0.808. The van der Waals surface area contributed by atoms with Crippen molar-refractivity contribution >= 4 is 29.5 Å². The number of benzene rings is 2. The molecule has 11 atom stereocenters. The number of carbonyl (C=O) groups is 5. The number of rotatable bonds is 16. The number of aromatic nitrogens is 3. The summed E-state index contributed by atoms with van der Waals surface area (Å²) in [7, 11) is 3.49. The van der Waals surface area contributed by atoms with E-state index >= 15 is 0 Å². The third-order valence-electron chi connectivity index (χ3n) is 15.4. The van der Waals surface area contributed by atoms with Gasteiger partial charge in [0, 0.05) is 24.7 Å². The Bertz CT molecular complexity index is 2210. The van der Waals surface area contributed by atoms with Crippen LogP contribution in [0, 0.1) is 0 Å². The predicted octanol–water partition coefficient (Wildman–Crippen LogP) is 3.52. The van der Waals surface area contributed by atoms with Crippen molar-refractivity contribution in [2.45, 2.75) is 177 Å². The maximum absolute atomic E-state index is 14.5. The van der Waals surface area contributed by atoms with Crippen molar-refractivity contribution in [3.63, 3.8) is 0 Å². The van der Waals surface area contributed by atoms with Gasteiger partial charge in [0.15, 0.2) is 0 Å². The molecule has 5 amide bonds. The van der Waals surface area contributed by atoms with E-state index in [2.05, 4.69) is 59.2 Å². The van der Waals surface area contributed by atoms with Crippen LogP contribution in [0.5, 0.6) is 0 Å². The molecule has 1 aromatic heterocycles. The number of likely N-dealkylation sites (N-methyl/N-ethyl adjacent to an activating group) is 2. The zero-order valence-corrected chi connectivity index (χ0v) is 40.3. The Balaban J connectivity index is 0.926. The van der Waals surface area contributed by atoms with Crippen molar-refractivity contribution in [2.75, 3.05) is 27.2 Å². The number of amides is 5. The van der Waals surface area contributed by atoms with Crippen LogP contribution in [0.4, 0.5) is 0 Å². The number of nitrogens with one attached hydrogen (secondary N) is 6. The molecule has 0 unspecified atom stereocenters. The van der Waals surface area contributed by atoms with Crippen LogP contribution in [0.15, 0.2) is 60.8 Å². The first-order chi connectivity index (χ1) is 33.0. The van der Waals surface area contributed by atoms with E-state index in [1.165, 1.54) is 5.56 Å². The van der Waals surface area contributed by atoms with Crippen molar-refractivity contribution in [2.24, 2.45) is 0 Å². The van der Waals surface area contributed by atoms with Crippen molar-refractivity contribution in [3.05, 3.63) is 83.2 Å². The van der Waals surface area contributed by atoms with Crippen molar-refractivity contribution in [1.29, 1.82) is 0 Å². The van der Waals surface area contributed by atoms with Crippen LogP contribution in [0.1, 0.15) is 138 Å². The summed E-state index contributed by atoms with van der Waals surface area (Å²) in [6, 6.07) is 14.9. The number of aryl methyl sites for hydroxylation is 1. The average Bonchev–Trinajstić information content (AvgIpc) is 4.10. The van der Waals surface area contributed by atoms with Crippen LogP contribution in [0.2, 0.25) is 0 Å². The molecule has 17 heteroatoms. The van der Waals surface area contributed by atoms with Crippen LogP contribution in [-0.4, -0.2) is 130 Å². The Labute approximate surface area is 401 Å². The second kappa shape index (κ2) is 22.9. The first kappa shape index (κ1) is 49.2. The number of carbonyl (C=O) groups excluding carboxylic acids is 5. The van der Waals surface area contributed by atoms with Gasteiger partial charge in [-0.15, -0.1) is 5.10 Å². The largest absolute Gasteiger partial charge is 0.373 e. The third-order valence-corrected chi connectivity index (χ3v) is 15.4. The number of hydrogen-bond donors (Lipinski definition) is 6. The molecule has 4 fully saturated rings. The average molecular weight is 936 g/mol. The SMILES string of the molecule is CN[C@@H](C)C(=O)N[C@H]1CCCC[C@H]2CC[C@@H](C(=O)N[C@H](COCc3cn([C@@H]4CC[C@H](NC(=O)[C@H](C)NC)C(=O)N5[C@H](CC[C@H]5C(=O)N[C@@H]5CCCc6ccccc65)C4)nn3)c3ccccc3)N2C1. The summed E-state index contributed by atoms with van der Waals surface area (Å²) in [4.78, 5) is 73.1. The van der Waals surface area contributed by atoms with E-state index in [0.717, 1.165) is 68.9 Å². The van der Waals surface area contributed by atoms with Gasteiger partial charge >= 0.3 is 0 Å². The fourth-order valence-corrected chi connectivity index (χ4v) is 11.3. The van der Waals surface area contributed by atoms with Crippen LogP contribution in [-0.2, 0) is 41.7 Å². The van der Waals surface area contributed by atoms with Crippen LogP contribution >= 0.6 is 0 Å². The van der Waals surface area contributed by atoms with E-state index < -0.39 is 24.2 Å². The molecule has 8 rings (SSSR count). The summed E-state index contributed by atoms with van der Waals surface area (Å²) in [6.07, 6.45) is 13.1. The standard InChI is InChI=1S/C51H73N11O6/c1-32(52-3)47(63)54-36-17-9-10-18-38-22-25-45(60(38)28-36)49(65)57-44(35-14-6-5-7-15-35)31-68-30-37-29-61(59-58-37)39-21-24-43(56-48(64)33(2)53-4)51(67)62-40(27-39)23-26-46(62)50(66)55-42-20-12-16-34-13-8-11-19-41(34)42/h5-8,11,13-15,19,29,32-33,36,38-40,42-46,52-53H,9-10,12,16-18,20-28,30-31H2,1-4H3,(H,54,63)(H,55,66)(H,56,64)(H,57,65)/t32-,33-,36-,38-,39+,40+,42+,43-,44+,45-,46-/m0/s1. The van der Waals surface area contributed by atoms with Gasteiger partial charge in [0.2, 0.25) is 29.5 Å². The lowest BCUT2D eigenvalue weighted by molar-refractivity contribution is -0.145. The molecule has 6 N–H and O–H groups in total. The molecule has 5 heterocycles. The topological polar surface area (TPSA) is 204 Å². The van der Waals surface area contributed by atoms with E-state index in [4.69, 9.17) is 4.74 Å². The lowest BCUT2D eigenvalue weighted by Crippen LogP contribution is -2.58. The van der Waals surface area contributed by atoms with Crippen molar-refractivity contribution < 1.29 is 28.7 Å². The van der Waals surface area contributed by atoms with Gasteiger partial charge in [0.1, 0.15) is 17.8 Å². The van der Waals surface area contributed by atoms with E-state index in [0.29, 0.717) is 50.4 Å². The minimum absolute atomic E-state index is 0.0250. The summed E-state index contributed by atoms with van der Waals surface area (Å²) in [5, 5.41) is 28.0. The molecule has 0 spiro atoms. The number of fused-ring (bicyclic) bond motifs is 3. The van der Waals surface area contributed by atoms with Gasteiger partial charge in [-0.1, -0.05) is 72.7 Å². The zero-order chi connectivity index (χ0) is 47.7. The Morgan fingerprint density at radius 3 is 2.22 bits per heavy atom. The second-order valence-corrected chi connectivity index (χ2v) is 19.8. The van der Waals surface area contributed by atoms with Gasteiger partial charge in [0.05, 0.1) is 55.7 Å². The molecule has 1 aliphatic carbocycles. The van der Waals surface area contributed by atoms with Gasteiger partial charge in [-0.05, 0) is 122 Å². The highest BCUT2D eigenvalue weighted by molar-refractivity contribution is 5.94. The lowest BCUT2D eigenvalue weighted by Gasteiger charge is -2.38. The van der Waals surface area contributed by atoms with E-state index in [1.807, 2.05) is 60.3 Å². The molecule has 0 radical (unpaired) electrons. The van der Waals surface area contributed by atoms with E-state index in [9.17, 15) is 24.0 Å². The molecular formula is C51H73N11O6. The molecule has 0 bridgehead atoms. The van der Waals surface area contributed by atoms with Crippen molar-refractivity contribution in [3.8, 4) is 0 Å². The maximum atomic E-state index is 14.5. The Kier molecular flexibility index (Phi) is 16.6. The zero-order valence-electron chi connectivity index (χ0n) is 40.3. The number of hydrogen-bond acceptors (Lipinski definition) is 11. The van der Waals surface area contributed by atoms with Gasteiger partial charge in [-0.2, -0.15) is 0 Å². The van der Waals surface area contributed by atoms with Gasteiger partial charge in [0.25, 0.3) is 0 Å². The van der Waals surface area contributed by atoms with Crippen molar-refractivity contribution in [1.82, 2.24) is 56.7 Å². The molecule has 5 aliphatic rings. The fourth-order valence-electron chi connectivity index (χ4n) is 11.3. The quantitative estimate of drug-likeness (QED) is 0.123. The molecule has 368 valence electrons. The minimum Gasteiger partial charge on any atom is -0.373 e. The summed E-state index contributed by atoms with van der Waals surface area (Å²) in [6.45, 7) is 4.62. The van der Waals surface area contributed by atoms with Crippen LogP contribution in [0.3, 0.4) is 0 Å². The van der Waals surface area contributed by atoms with Gasteiger partial charge in [-0.25, -0.2) is 4.68 Å². The predicted molar refractivity (Wildman–Crippen MR) is 257 cm³/mol. The van der Waals surface area contributed by atoms with Gasteiger partial charge < -0.3 is 41.5 Å². The lowest BCUT2D eigenvalue weighted by atomic mass is 9.87. The molecule has 0 saturated carbocycles. The van der Waals surface area contributed by atoms with Crippen LogP contribution in [0.25, 0.3) is 0 Å². The Morgan fingerprint density at radius 2 is 1.43 bits per heavy atom. The second-order valence-electron chi connectivity index (χ2n) is 19.8. The molecule has 3 aromatic rings. The van der Waals surface area contributed by atoms with Gasteiger partial charge in [-0.3, -0.25) is 28.9 Å². The van der Waals surface area contributed by atoms with Crippen LogP contribution < -0.4 is 31.9 Å². The van der Waals surface area contributed by atoms with E-state index in [1.54, 1.807) is 25.9 Å². The summed E-state index contributed by atoms with van der Waals surface area (Å²) in [5.74, 6) is -0.715. The summed E-state index contributed by atoms with van der Waals surface area (Å²) < 4.78 is 8.18. The molecule has 68 heavy (non-hydrogen) atoms. The number of ether oxygens (including phenoxy) is 1. The molecule has 2 aromatic carbocycles.